The van der Waals surface area contributed by atoms with E-state index in [0.717, 1.165) is 11.6 Å². The van der Waals surface area contributed by atoms with E-state index in [-0.39, 0.29) is 11.3 Å². The molecule has 0 atom stereocenters. The monoisotopic (exact) mass is 269 g/mol. The first-order valence-electron chi connectivity index (χ1n) is 6.04. The van der Waals surface area contributed by atoms with E-state index in [1.165, 1.54) is 19.1 Å². The highest BCUT2D eigenvalue weighted by molar-refractivity contribution is 5.96. The summed E-state index contributed by atoms with van der Waals surface area (Å²) >= 11 is 0. The van der Waals surface area contributed by atoms with Crippen molar-refractivity contribution in [3.63, 3.8) is 0 Å². The third-order valence-corrected chi connectivity index (χ3v) is 2.76. The number of ketones is 1. The average Bonchev–Trinajstić information content (AvgIpc) is 2.43. The quantitative estimate of drug-likeness (QED) is 0.791. The maximum atomic E-state index is 13.1. The van der Waals surface area contributed by atoms with Crippen LogP contribution in [0.5, 0.6) is 11.5 Å². The molecule has 0 saturated heterocycles. The number of carbonyl (C=O) groups is 1. The number of rotatable bonds is 4. The summed E-state index contributed by atoms with van der Waals surface area (Å²) < 4.78 is 18.7. The Morgan fingerprint density at radius 2 is 1.95 bits per heavy atom. The van der Waals surface area contributed by atoms with Crippen molar-refractivity contribution in [2.45, 2.75) is 13.3 Å². The summed E-state index contributed by atoms with van der Waals surface area (Å²) in [6, 6.07) is 12.8. The van der Waals surface area contributed by atoms with Crippen LogP contribution in [0.15, 0.2) is 42.5 Å². The molecule has 0 aliphatic rings. The first kappa shape index (κ1) is 13.8. The zero-order chi connectivity index (χ0) is 14.5. The first-order chi connectivity index (χ1) is 9.60. The van der Waals surface area contributed by atoms with E-state index in [1.54, 1.807) is 24.3 Å². The van der Waals surface area contributed by atoms with Gasteiger partial charge in [0.1, 0.15) is 17.3 Å². The van der Waals surface area contributed by atoms with Gasteiger partial charge in [0, 0.05) is 0 Å². The van der Waals surface area contributed by atoms with E-state index >= 15 is 0 Å². The summed E-state index contributed by atoms with van der Waals surface area (Å²) in [5.74, 6) is 0.0975. The summed E-state index contributed by atoms with van der Waals surface area (Å²) in [7, 11) is 0. The minimum atomic E-state index is -0.480. The van der Waals surface area contributed by atoms with Gasteiger partial charge in [0.15, 0.2) is 5.78 Å². The molecule has 0 bridgehead atoms. The number of ether oxygens (including phenoxy) is 1. The molecule has 0 aliphatic heterocycles. The molecule has 0 spiro atoms. The van der Waals surface area contributed by atoms with Crippen molar-refractivity contribution in [3.8, 4) is 17.6 Å². The second-order valence-corrected chi connectivity index (χ2v) is 4.28. The molecule has 0 unspecified atom stereocenters. The molecule has 0 amide bonds. The lowest BCUT2D eigenvalue weighted by atomic mass is 10.1. The molecular formula is C16H12FNO2. The van der Waals surface area contributed by atoms with Gasteiger partial charge in [0.05, 0.1) is 18.1 Å². The number of nitrogens with zero attached hydrogens (tertiary/aromatic N) is 1. The van der Waals surface area contributed by atoms with E-state index in [4.69, 9.17) is 10.00 Å². The number of hydrogen-bond acceptors (Lipinski definition) is 3. The van der Waals surface area contributed by atoms with Crippen LogP contribution in [0.4, 0.5) is 4.39 Å². The van der Waals surface area contributed by atoms with Gasteiger partial charge in [-0.15, -0.1) is 0 Å². The molecule has 0 aliphatic carbocycles. The normalized spacial score (nSPS) is 9.85. The second-order valence-electron chi connectivity index (χ2n) is 4.28. The van der Waals surface area contributed by atoms with Gasteiger partial charge in [-0.1, -0.05) is 12.1 Å². The summed E-state index contributed by atoms with van der Waals surface area (Å²) in [5, 5.41) is 8.59. The molecule has 0 fully saturated rings. The van der Waals surface area contributed by atoms with Crippen molar-refractivity contribution in [3.05, 3.63) is 59.4 Å². The number of halogens is 1. The Hall–Kier alpha value is -2.67. The molecule has 2 rings (SSSR count). The topological polar surface area (TPSA) is 50.1 Å². The average molecular weight is 269 g/mol. The van der Waals surface area contributed by atoms with E-state index in [0.29, 0.717) is 17.9 Å². The van der Waals surface area contributed by atoms with Crippen LogP contribution < -0.4 is 4.74 Å². The van der Waals surface area contributed by atoms with E-state index in [2.05, 4.69) is 6.07 Å². The molecule has 100 valence electrons. The maximum absolute atomic E-state index is 13.1. The minimum Gasteiger partial charge on any atom is -0.457 e. The minimum absolute atomic E-state index is 0.200. The van der Waals surface area contributed by atoms with Gasteiger partial charge in [-0.3, -0.25) is 4.79 Å². The van der Waals surface area contributed by atoms with Crippen LogP contribution in [-0.2, 0) is 6.42 Å². The smallest absolute Gasteiger partial charge is 0.163 e. The van der Waals surface area contributed by atoms with Crippen LogP contribution in [0.2, 0.25) is 0 Å². The van der Waals surface area contributed by atoms with Gasteiger partial charge >= 0.3 is 0 Å². The summed E-state index contributed by atoms with van der Waals surface area (Å²) in [6.45, 7) is 1.36. The van der Waals surface area contributed by atoms with Crippen molar-refractivity contribution < 1.29 is 13.9 Å². The van der Waals surface area contributed by atoms with Gasteiger partial charge in [-0.2, -0.15) is 5.26 Å². The van der Waals surface area contributed by atoms with E-state index in [9.17, 15) is 9.18 Å². The predicted molar refractivity (Wildman–Crippen MR) is 72.2 cm³/mol. The van der Waals surface area contributed by atoms with Gasteiger partial charge in [0.25, 0.3) is 0 Å². The largest absolute Gasteiger partial charge is 0.457 e. The maximum Gasteiger partial charge on any atom is 0.163 e. The number of Topliss-reactive ketones (excluding diaryl/α,β-unsaturated/α-hetero) is 1. The first-order valence-corrected chi connectivity index (χ1v) is 6.04. The molecule has 0 heterocycles. The van der Waals surface area contributed by atoms with Gasteiger partial charge in [-0.25, -0.2) is 4.39 Å². The lowest BCUT2D eigenvalue weighted by Crippen LogP contribution is -1.98. The highest BCUT2D eigenvalue weighted by atomic mass is 19.1. The van der Waals surface area contributed by atoms with Crippen LogP contribution in [0.1, 0.15) is 22.8 Å². The number of nitriles is 1. The van der Waals surface area contributed by atoms with Gasteiger partial charge in [0.2, 0.25) is 0 Å². The zero-order valence-electron chi connectivity index (χ0n) is 10.9. The number of carbonyl (C=O) groups excluding carboxylic acids is 1. The van der Waals surface area contributed by atoms with Crippen molar-refractivity contribution in [1.29, 1.82) is 5.26 Å². The molecule has 0 aromatic heterocycles. The van der Waals surface area contributed by atoms with Crippen molar-refractivity contribution in [2.75, 3.05) is 0 Å². The molecule has 2 aromatic carbocycles. The molecule has 0 radical (unpaired) electrons. The lowest BCUT2D eigenvalue weighted by molar-refractivity contribution is 0.101. The third kappa shape index (κ3) is 3.21. The summed E-state index contributed by atoms with van der Waals surface area (Å²) in [5.41, 5.74) is 1.08. The van der Waals surface area contributed by atoms with Gasteiger partial charge in [-0.05, 0) is 42.8 Å². The highest BCUT2D eigenvalue weighted by Gasteiger charge is 2.10. The molecule has 20 heavy (non-hydrogen) atoms. The SMILES string of the molecule is CC(=O)c1cc(F)ccc1Oc1ccc(CC#N)cc1. The molecule has 3 nitrogen and oxygen atoms in total. The Kier molecular flexibility index (Phi) is 4.11. The Labute approximate surface area is 116 Å². The van der Waals surface area contributed by atoms with Crippen LogP contribution >= 0.6 is 0 Å². The summed E-state index contributed by atoms with van der Waals surface area (Å²) in [4.78, 5) is 11.5. The van der Waals surface area contributed by atoms with Gasteiger partial charge < -0.3 is 4.74 Å². The Morgan fingerprint density at radius 1 is 1.25 bits per heavy atom. The molecular weight excluding hydrogens is 257 g/mol. The van der Waals surface area contributed by atoms with Crippen LogP contribution in [0.3, 0.4) is 0 Å². The standard InChI is InChI=1S/C16H12FNO2/c1-11(19)15-10-13(17)4-7-16(15)20-14-5-2-12(3-6-14)8-9-18/h2-7,10H,8H2,1H3. The molecule has 2 aromatic rings. The van der Waals surface area contributed by atoms with Crippen LogP contribution in [0.25, 0.3) is 0 Å². The molecule has 0 saturated carbocycles. The van der Waals surface area contributed by atoms with Crippen LogP contribution in [-0.4, -0.2) is 5.78 Å². The fourth-order valence-corrected chi connectivity index (χ4v) is 1.76. The van der Waals surface area contributed by atoms with Crippen molar-refractivity contribution >= 4 is 5.78 Å². The van der Waals surface area contributed by atoms with E-state index in [1.807, 2.05) is 0 Å². The fourth-order valence-electron chi connectivity index (χ4n) is 1.76. The van der Waals surface area contributed by atoms with E-state index < -0.39 is 5.82 Å². The highest BCUT2D eigenvalue weighted by Crippen LogP contribution is 2.26. The lowest BCUT2D eigenvalue weighted by Gasteiger charge is -2.09. The predicted octanol–water partition coefficient (Wildman–Crippen LogP) is 3.89. The Bertz CT molecular complexity index is 672. The number of benzene rings is 2. The zero-order valence-corrected chi connectivity index (χ0v) is 10.9. The van der Waals surface area contributed by atoms with Crippen molar-refractivity contribution in [2.24, 2.45) is 0 Å². The number of hydrogen-bond donors (Lipinski definition) is 0. The third-order valence-electron chi connectivity index (χ3n) is 2.76. The molecule has 0 N–H and O–H groups in total. The second kappa shape index (κ2) is 5.98. The summed E-state index contributed by atoms with van der Waals surface area (Å²) in [6.07, 6.45) is 0.329. The van der Waals surface area contributed by atoms with Crippen molar-refractivity contribution in [1.82, 2.24) is 0 Å². The fraction of sp³-hybridized carbons (Fsp3) is 0.125. The Balaban J connectivity index is 2.26. The Morgan fingerprint density at radius 3 is 2.55 bits per heavy atom. The molecule has 4 heteroatoms. The van der Waals surface area contributed by atoms with Crippen LogP contribution in [0, 0.1) is 17.1 Å².